The van der Waals surface area contributed by atoms with Crippen molar-refractivity contribution in [1.29, 1.82) is 0 Å². The van der Waals surface area contributed by atoms with Crippen molar-refractivity contribution in [3.05, 3.63) is 60.7 Å². The lowest BCUT2D eigenvalue weighted by Crippen LogP contribution is -2.21. The van der Waals surface area contributed by atoms with Crippen molar-refractivity contribution in [3.8, 4) is 11.5 Å². The second-order valence-electron chi connectivity index (χ2n) is 6.79. The average molecular weight is 550 g/mol. The van der Waals surface area contributed by atoms with Crippen molar-refractivity contribution in [2.24, 2.45) is 0 Å². The number of amides is 2. The van der Waals surface area contributed by atoms with Gasteiger partial charge in [0.25, 0.3) is 11.8 Å². The van der Waals surface area contributed by atoms with E-state index in [4.69, 9.17) is 0 Å². The van der Waals surface area contributed by atoms with Crippen LogP contribution in [0.4, 0.5) is 37.7 Å². The fourth-order valence-electron chi connectivity index (χ4n) is 2.38. The summed E-state index contributed by atoms with van der Waals surface area (Å²) in [5.41, 5.74) is 0.173. The van der Waals surface area contributed by atoms with Crippen molar-refractivity contribution in [2.75, 3.05) is 23.8 Å². The summed E-state index contributed by atoms with van der Waals surface area (Å²) in [5.74, 6) is -4.95. The van der Waals surface area contributed by atoms with Crippen molar-refractivity contribution < 1.29 is 64.5 Å². The van der Waals surface area contributed by atoms with E-state index >= 15 is 0 Å². The van der Waals surface area contributed by atoms with Crippen LogP contribution in [0, 0.1) is 0 Å². The highest BCUT2D eigenvalue weighted by molar-refractivity contribution is 5.97. The Balaban J connectivity index is 1.68. The van der Waals surface area contributed by atoms with Gasteiger partial charge in [0.05, 0.1) is 0 Å². The number of esters is 2. The van der Waals surface area contributed by atoms with Gasteiger partial charge >= 0.3 is 24.7 Å². The van der Waals surface area contributed by atoms with E-state index in [2.05, 4.69) is 29.6 Å². The number of carbonyl (C=O) groups excluding carboxylic acids is 4. The molecule has 2 aromatic carbocycles. The molecular weight excluding hydrogens is 534 g/mol. The predicted octanol–water partition coefficient (Wildman–Crippen LogP) is 3.70. The minimum Gasteiger partial charge on any atom is -0.452 e. The third-order valence-corrected chi connectivity index (χ3v) is 3.79. The Kier molecular flexibility index (Phi) is 10.1. The Morgan fingerprint density at radius 3 is 1.21 bits per heavy atom. The highest BCUT2D eigenvalue weighted by atomic mass is 19.4. The molecule has 0 heterocycles. The van der Waals surface area contributed by atoms with Gasteiger partial charge in [-0.25, -0.2) is 9.59 Å². The largest absolute Gasteiger partial charge is 0.573 e. The SMILES string of the molecule is O=C(COC(=O)/C=C/C(=O)OCC(=O)Nc1ccc(OC(F)(F)F)cc1)Nc1ccc(OC(F)(F)F)cc1. The summed E-state index contributed by atoms with van der Waals surface area (Å²) in [4.78, 5) is 46.7. The highest BCUT2D eigenvalue weighted by Gasteiger charge is 2.31. The number of alkyl halides is 6. The highest BCUT2D eigenvalue weighted by Crippen LogP contribution is 2.25. The van der Waals surface area contributed by atoms with Crippen LogP contribution in [-0.4, -0.2) is 49.7 Å². The maximum atomic E-state index is 12.1. The molecule has 0 radical (unpaired) electrons. The molecule has 0 spiro atoms. The molecule has 0 aliphatic carbocycles. The quantitative estimate of drug-likeness (QED) is 0.260. The van der Waals surface area contributed by atoms with Crippen LogP contribution in [0.15, 0.2) is 60.7 Å². The van der Waals surface area contributed by atoms with Gasteiger partial charge in [0.1, 0.15) is 11.5 Å². The summed E-state index contributed by atoms with van der Waals surface area (Å²) in [6, 6.07) is 8.27. The molecule has 38 heavy (non-hydrogen) atoms. The van der Waals surface area contributed by atoms with Gasteiger partial charge in [0.15, 0.2) is 13.2 Å². The summed E-state index contributed by atoms with van der Waals surface area (Å²) >= 11 is 0. The molecule has 10 nitrogen and oxygen atoms in total. The zero-order valence-corrected chi connectivity index (χ0v) is 18.7. The van der Waals surface area contributed by atoms with Gasteiger partial charge in [-0.3, -0.25) is 9.59 Å². The molecule has 0 aliphatic heterocycles. The van der Waals surface area contributed by atoms with Gasteiger partial charge in [-0.2, -0.15) is 0 Å². The van der Waals surface area contributed by atoms with Crippen molar-refractivity contribution in [2.45, 2.75) is 12.7 Å². The number of carbonyl (C=O) groups is 4. The Bertz CT molecular complexity index is 1070. The molecule has 2 aromatic rings. The minimum atomic E-state index is -4.88. The van der Waals surface area contributed by atoms with Gasteiger partial charge in [0, 0.05) is 23.5 Å². The molecule has 0 fully saturated rings. The summed E-state index contributed by atoms with van der Waals surface area (Å²) in [5, 5.41) is 4.50. The number of hydrogen-bond donors (Lipinski definition) is 2. The monoisotopic (exact) mass is 550 g/mol. The van der Waals surface area contributed by atoms with Crippen LogP contribution in [-0.2, 0) is 28.7 Å². The van der Waals surface area contributed by atoms with E-state index in [0.717, 1.165) is 48.5 Å². The third kappa shape index (κ3) is 12.3. The van der Waals surface area contributed by atoms with E-state index in [0.29, 0.717) is 12.2 Å². The zero-order valence-electron chi connectivity index (χ0n) is 18.7. The third-order valence-electron chi connectivity index (χ3n) is 3.79. The smallest absolute Gasteiger partial charge is 0.452 e. The van der Waals surface area contributed by atoms with Gasteiger partial charge in [0.2, 0.25) is 0 Å². The number of nitrogens with one attached hydrogen (secondary N) is 2. The Hall–Kier alpha value is -4.76. The van der Waals surface area contributed by atoms with Gasteiger partial charge in [-0.1, -0.05) is 0 Å². The molecule has 2 N–H and O–H groups in total. The van der Waals surface area contributed by atoms with Gasteiger partial charge in [-0.05, 0) is 48.5 Å². The van der Waals surface area contributed by atoms with E-state index < -0.39 is 61.2 Å². The maximum Gasteiger partial charge on any atom is 0.573 e. The van der Waals surface area contributed by atoms with Crippen LogP contribution in [0.2, 0.25) is 0 Å². The van der Waals surface area contributed by atoms with E-state index in [-0.39, 0.29) is 11.4 Å². The number of halogens is 6. The van der Waals surface area contributed by atoms with Gasteiger partial charge < -0.3 is 29.6 Å². The Labute approximate surface area is 209 Å². The van der Waals surface area contributed by atoms with Crippen molar-refractivity contribution >= 4 is 35.1 Å². The van der Waals surface area contributed by atoms with Crippen LogP contribution < -0.4 is 20.1 Å². The molecule has 0 atom stereocenters. The van der Waals surface area contributed by atoms with Gasteiger partial charge in [-0.15, -0.1) is 26.3 Å². The van der Waals surface area contributed by atoms with E-state index in [1.54, 1.807) is 0 Å². The molecule has 16 heteroatoms. The maximum absolute atomic E-state index is 12.1. The second kappa shape index (κ2) is 13.0. The normalized spacial score (nSPS) is 11.4. The molecule has 2 rings (SSSR count). The summed E-state index contributed by atoms with van der Waals surface area (Å²) in [6.07, 6.45) is -8.54. The standard InChI is InChI=1S/C22H16F6N2O8/c23-21(24,25)37-15-5-1-13(2-6-15)29-17(31)11-35-19(33)9-10-20(34)36-12-18(32)30-14-3-7-16(8-4-14)38-22(26,27)28/h1-10H,11-12H2,(H,29,31)(H,30,32)/b10-9+. The molecule has 0 saturated heterocycles. The number of benzene rings is 2. The fourth-order valence-corrected chi connectivity index (χ4v) is 2.38. The van der Waals surface area contributed by atoms with Crippen molar-refractivity contribution in [3.63, 3.8) is 0 Å². The molecule has 0 bridgehead atoms. The number of rotatable bonds is 10. The number of anilines is 2. The molecule has 0 aliphatic rings. The average Bonchev–Trinajstić information content (AvgIpc) is 2.81. The molecular formula is C22H16F6N2O8. The fraction of sp³-hybridized carbons (Fsp3) is 0.182. The number of hydrogen-bond acceptors (Lipinski definition) is 8. The topological polar surface area (TPSA) is 129 Å². The first-order valence-corrected chi connectivity index (χ1v) is 10.0. The Morgan fingerprint density at radius 2 is 0.921 bits per heavy atom. The van der Waals surface area contributed by atoms with E-state index in [9.17, 15) is 45.5 Å². The first kappa shape index (κ1) is 29.5. The van der Waals surface area contributed by atoms with Crippen LogP contribution in [0.3, 0.4) is 0 Å². The summed E-state index contributed by atoms with van der Waals surface area (Å²) < 4.78 is 89.3. The summed E-state index contributed by atoms with van der Waals surface area (Å²) in [7, 11) is 0. The van der Waals surface area contributed by atoms with Crippen LogP contribution in [0.5, 0.6) is 11.5 Å². The lowest BCUT2D eigenvalue weighted by Gasteiger charge is -2.10. The molecule has 0 saturated carbocycles. The van der Waals surface area contributed by atoms with Crippen LogP contribution in [0.1, 0.15) is 0 Å². The molecule has 204 valence electrons. The zero-order chi connectivity index (χ0) is 28.3. The first-order chi connectivity index (χ1) is 17.7. The van der Waals surface area contributed by atoms with E-state index in [1.807, 2.05) is 0 Å². The molecule has 0 aromatic heterocycles. The first-order valence-electron chi connectivity index (χ1n) is 10.0. The van der Waals surface area contributed by atoms with Crippen LogP contribution >= 0.6 is 0 Å². The molecule has 0 unspecified atom stereocenters. The Morgan fingerprint density at radius 1 is 0.605 bits per heavy atom. The van der Waals surface area contributed by atoms with Crippen LogP contribution in [0.25, 0.3) is 0 Å². The lowest BCUT2D eigenvalue weighted by molar-refractivity contribution is -0.275. The minimum absolute atomic E-state index is 0.0866. The van der Waals surface area contributed by atoms with Crippen molar-refractivity contribution in [1.82, 2.24) is 0 Å². The second-order valence-corrected chi connectivity index (χ2v) is 6.79. The molecule has 2 amide bonds. The predicted molar refractivity (Wildman–Crippen MR) is 115 cm³/mol. The number of ether oxygens (including phenoxy) is 4. The van der Waals surface area contributed by atoms with E-state index in [1.165, 1.54) is 0 Å². The lowest BCUT2D eigenvalue weighted by atomic mass is 10.3. The summed E-state index contributed by atoms with van der Waals surface area (Å²) in [6.45, 7) is -1.59.